The first-order chi connectivity index (χ1) is 12.1. The van der Waals surface area contributed by atoms with Gasteiger partial charge in [-0.15, -0.1) is 0 Å². The fourth-order valence-corrected chi connectivity index (χ4v) is 2.43. The van der Waals surface area contributed by atoms with Gasteiger partial charge in [-0.25, -0.2) is 5.48 Å². The molecule has 0 unspecified atom stereocenters. The van der Waals surface area contributed by atoms with Crippen LogP contribution in [0.5, 0.6) is 0 Å². The van der Waals surface area contributed by atoms with E-state index in [0.717, 1.165) is 5.56 Å². The number of aromatic nitrogens is 2. The van der Waals surface area contributed by atoms with Gasteiger partial charge in [-0.1, -0.05) is 35.5 Å². The summed E-state index contributed by atoms with van der Waals surface area (Å²) >= 11 is 0. The number of ketones is 1. The lowest BCUT2D eigenvalue weighted by Crippen LogP contribution is -2.23. The fraction of sp³-hybridized carbons (Fsp3) is 0.167. The van der Waals surface area contributed by atoms with Gasteiger partial charge in [0.1, 0.15) is 17.1 Å². The monoisotopic (exact) mass is 339 g/mol. The molecule has 2 aromatic heterocycles. The molecule has 25 heavy (non-hydrogen) atoms. The smallest absolute Gasteiger partial charge is 0.291 e. The quantitative estimate of drug-likeness (QED) is 0.531. The molecule has 3 aromatic rings. The zero-order valence-corrected chi connectivity index (χ0v) is 13.8. The lowest BCUT2D eigenvalue weighted by atomic mass is 9.99. The molecule has 1 aromatic carbocycles. The van der Waals surface area contributed by atoms with E-state index in [1.807, 2.05) is 30.3 Å². The molecule has 0 aliphatic heterocycles. The van der Waals surface area contributed by atoms with Gasteiger partial charge in [0.15, 0.2) is 5.78 Å². The highest BCUT2D eigenvalue weighted by molar-refractivity contribution is 6.13. The van der Waals surface area contributed by atoms with E-state index in [0.29, 0.717) is 29.2 Å². The molecule has 0 spiro atoms. The molecule has 0 saturated heterocycles. The first-order valence-electron chi connectivity index (χ1n) is 7.78. The number of carbonyl (C=O) groups excluding carboxylic acids is 2. The Balaban J connectivity index is 1.91. The maximum absolute atomic E-state index is 12.9. The number of amides is 1. The van der Waals surface area contributed by atoms with E-state index < -0.39 is 5.91 Å². The summed E-state index contributed by atoms with van der Waals surface area (Å²) in [4.78, 5) is 32.4. The molecule has 0 aliphatic rings. The van der Waals surface area contributed by atoms with E-state index in [4.69, 9.17) is 9.36 Å². The van der Waals surface area contributed by atoms with Gasteiger partial charge >= 0.3 is 0 Å². The first kappa shape index (κ1) is 16.7. The van der Waals surface area contributed by atoms with Crippen molar-refractivity contribution in [3.63, 3.8) is 0 Å². The number of nitrogens with one attached hydrogen (secondary N) is 2. The highest BCUT2D eigenvalue weighted by Gasteiger charge is 2.24. The van der Waals surface area contributed by atoms with Crippen LogP contribution in [0.2, 0.25) is 0 Å². The average Bonchev–Trinajstić information content (AvgIpc) is 3.27. The molecule has 0 radical (unpaired) electrons. The maximum atomic E-state index is 12.9. The van der Waals surface area contributed by atoms with Crippen molar-refractivity contribution in [1.82, 2.24) is 15.6 Å². The summed E-state index contributed by atoms with van der Waals surface area (Å²) in [5.74, 6) is -0.305. The predicted octanol–water partition coefficient (Wildman–Crippen LogP) is 2.89. The van der Waals surface area contributed by atoms with Crippen LogP contribution in [0, 0.1) is 6.92 Å². The molecule has 2 N–H and O–H groups in total. The van der Waals surface area contributed by atoms with Gasteiger partial charge in [-0.3, -0.25) is 14.4 Å². The number of benzene rings is 1. The number of hydrogen-bond acceptors (Lipinski definition) is 5. The minimum Gasteiger partial charge on any atom is -0.360 e. The minimum atomic E-state index is -0.453. The van der Waals surface area contributed by atoms with Crippen molar-refractivity contribution in [2.75, 3.05) is 6.61 Å². The minimum absolute atomic E-state index is 0.229. The summed E-state index contributed by atoms with van der Waals surface area (Å²) in [5, 5.41) is 4.01. The van der Waals surface area contributed by atoms with Crippen LogP contribution >= 0.6 is 0 Å². The van der Waals surface area contributed by atoms with E-state index >= 15 is 0 Å². The van der Waals surface area contributed by atoms with Gasteiger partial charge in [0, 0.05) is 17.3 Å². The molecule has 128 valence electrons. The van der Waals surface area contributed by atoms with Crippen molar-refractivity contribution in [1.29, 1.82) is 0 Å². The Morgan fingerprint density at radius 2 is 2.04 bits per heavy atom. The lowest BCUT2D eigenvalue weighted by Gasteiger charge is -2.01. The lowest BCUT2D eigenvalue weighted by molar-refractivity contribution is 0.0360. The molecule has 0 saturated carbocycles. The van der Waals surface area contributed by atoms with E-state index in [1.165, 1.54) is 12.3 Å². The molecular weight excluding hydrogens is 322 g/mol. The van der Waals surface area contributed by atoms with E-state index in [2.05, 4.69) is 15.6 Å². The van der Waals surface area contributed by atoms with Crippen LogP contribution < -0.4 is 5.48 Å². The number of H-pyrrole nitrogens is 1. The largest absolute Gasteiger partial charge is 0.360 e. The van der Waals surface area contributed by atoms with E-state index in [1.54, 1.807) is 13.8 Å². The zero-order valence-electron chi connectivity index (χ0n) is 13.8. The number of nitrogens with zero attached hydrogens (tertiary/aromatic N) is 1. The van der Waals surface area contributed by atoms with Crippen LogP contribution in [-0.2, 0) is 4.84 Å². The molecule has 0 bridgehead atoms. The van der Waals surface area contributed by atoms with Crippen molar-refractivity contribution in [3.05, 3.63) is 65.2 Å². The normalized spacial score (nSPS) is 10.6. The number of carbonyl (C=O) groups is 2. The Morgan fingerprint density at radius 1 is 1.28 bits per heavy atom. The van der Waals surface area contributed by atoms with Gasteiger partial charge in [-0.05, 0) is 19.9 Å². The van der Waals surface area contributed by atoms with Crippen LogP contribution in [-0.4, -0.2) is 28.4 Å². The Labute approximate surface area is 143 Å². The van der Waals surface area contributed by atoms with Crippen molar-refractivity contribution in [3.8, 4) is 11.3 Å². The van der Waals surface area contributed by atoms with Crippen LogP contribution in [0.4, 0.5) is 0 Å². The zero-order chi connectivity index (χ0) is 17.8. The number of rotatable bonds is 6. The molecule has 7 heteroatoms. The summed E-state index contributed by atoms with van der Waals surface area (Å²) < 4.78 is 5.22. The third kappa shape index (κ3) is 3.36. The Bertz CT molecular complexity index is 896. The second-order valence-electron chi connectivity index (χ2n) is 5.32. The van der Waals surface area contributed by atoms with Crippen LogP contribution in [0.25, 0.3) is 11.3 Å². The SMILES string of the molecule is CCONC(=O)c1cc(C(=O)c2c(-c3ccccc3)noc2C)c[nH]1. The van der Waals surface area contributed by atoms with Crippen molar-refractivity contribution in [2.24, 2.45) is 0 Å². The Hall–Kier alpha value is -3.19. The van der Waals surface area contributed by atoms with Crippen molar-refractivity contribution < 1.29 is 18.9 Å². The average molecular weight is 339 g/mol. The topological polar surface area (TPSA) is 97.2 Å². The van der Waals surface area contributed by atoms with Gasteiger partial charge in [0.25, 0.3) is 5.91 Å². The second-order valence-corrected chi connectivity index (χ2v) is 5.32. The molecular formula is C18H17N3O4. The second kappa shape index (κ2) is 7.14. The summed E-state index contributed by atoms with van der Waals surface area (Å²) in [6, 6.07) is 10.8. The van der Waals surface area contributed by atoms with Crippen LogP contribution in [0.3, 0.4) is 0 Å². The number of hydrogen-bond donors (Lipinski definition) is 2. The highest BCUT2D eigenvalue weighted by atomic mass is 16.6. The molecule has 3 rings (SSSR count). The third-order valence-corrected chi connectivity index (χ3v) is 3.64. The summed E-state index contributed by atoms with van der Waals surface area (Å²) in [5.41, 5.74) is 4.48. The highest BCUT2D eigenvalue weighted by Crippen LogP contribution is 2.27. The summed E-state index contributed by atoms with van der Waals surface area (Å²) in [6.07, 6.45) is 1.48. The van der Waals surface area contributed by atoms with Gasteiger partial charge in [0.05, 0.1) is 12.2 Å². The number of aryl methyl sites for hydroxylation is 1. The third-order valence-electron chi connectivity index (χ3n) is 3.64. The molecule has 2 heterocycles. The van der Waals surface area contributed by atoms with Crippen LogP contribution in [0.15, 0.2) is 47.1 Å². The number of hydroxylamine groups is 1. The maximum Gasteiger partial charge on any atom is 0.291 e. The Kier molecular flexibility index (Phi) is 4.76. The van der Waals surface area contributed by atoms with Gasteiger partial charge < -0.3 is 9.51 Å². The van der Waals surface area contributed by atoms with Gasteiger partial charge in [-0.2, -0.15) is 0 Å². The Morgan fingerprint density at radius 3 is 2.76 bits per heavy atom. The van der Waals surface area contributed by atoms with Crippen LogP contribution in [0.1, 0.15) is 39.1 Å². The van der Waals surface area contributed by atoms with Crippen molar-refractivity contribution >= 4 is 11.7 Å². The number of aromatic amines is 1. The predicted molar refractivity (Wildman–Crippen MR) is 90.0 cm³/mol. The summed E-state index contributed by atoms with van der Waals surface area (Å²) in [7, 11) is 0. The van der Waals surface area contributed by atoms with E-state index in [9.17, 15) is 9.59 Å². The molecule has 7 nitrogen and oxygen atoms in total. The summed E-state index contributed by atoms with van der Waals surface area (Å²) in [6.45, 7) is 3.78. The van der Waals surface area contributed by atoms with Gasteiger partial charge in [0.2, 0.25) is 0 Å². The molecule has 1 amide bonds. The molecule has 0 atom stereocenters. The van der Waals surface area contributed by atoms with E-state index in [-0.39, 0.29) is 11.5 Å². The fourth-order valence-electron chi connectivity index (χ4n) is 2.43. The van der Waals surface area contributed by atoms with Crippen molar-refractivity contribution in [2.45, 2.75) is 13.8 Å². The first-order valence-corrected chi connectivity index (χ1v) is 7.78. The molecule has 0 fully saturated rings. The standard InChI is InChI=1S/C18H17N3O4/c1-3-24-21-18(23)14-9-13(10-19-14)17(22)15-11(2)25-20-16(15)12-7-5-4-6-8-12/h4-10,19H,3H2,1-2H3,(H,21,23). The molecule has 0 aliphatic carbocycles.